The van der Waals surface area contributed by atoms with Crippen molar-refractivity contribution in [3.8, 4) is 0 Å². The predicted octanol–water partition coefficient (Wildman–Crippen LogP) is 2.41. The SMILES string of the molecule is CCOC(=O)[C@@]12C[C@H]1C=CCCCCC[C@H](N)C(=O)N1C[C@@H](OS(=O)(=O)c3ccc(Br)cc3)C[C@H]1C(=O)N2. The number of carbonyl (C=O) groups excluding carboxylic acids is 3. The number of fused-ring (bicyclic) bond motifs is 2. The highest BCUT2D eigenvalue weighted by Crippen LogP contribution is 2.46. The van der Waals surface area contributed by atoms with E-state index in [0.29, 0.717) is 17.3 Å². The summed E-state index contributed by atoms with van der Waals surface area (Å²) in [6, 6.07) is 4.11. The van der Waals surface area contributed by atoms with Crippen LogP contribution in [0.4, 0.5) is 0 Å². The number of amides is 2. The first kappa shape index (κ1) is 28.7. The first-order valence-electron chi connectivity index (χ1n) is 13.0. The van der Waals surface area contributed by atoms with Crippen LogP contribution in [0.2, 0.25) is 0 Å². The summed E-state index contributed by atoms with van der Waals surface area (Å²) in [6.07, 6.45) is 7.17. The van der Waals surface area contributed by atoms with Gasteiger partial charge in [-0.2, -0.15) is 8.42 Å². The number of nitrogens with zero attached hydrogens (tertiary/aromatic N) is 1. The number of ether oxygens (including phenoxy) is 1. The fraction of sp³-hybridized carbons (Fsp3) is 0.577. The fourth-order valence-electron chi connectivity index (χ4n) is 5.11. The molecule has 4 rings (SSSR count). The lowest BCUT2D eigenvalue weighted by Crippen LogP contribution is -2.55. The summed E-state index contributed by atoms with van der Waals surface area (Å²) in [5.74, 6) is -1.74. The second-order valence-corrected chi connectivity index (χ2v) is 12.5. The van der Waals surface area contributed by atoms with Gasteiger partial charge in [-0.25, -0.2) is 4.79 Å². The van der Waals surface area contributed by atoms with Crippen molar-refractivity contribution < 1.29 is 31.7 Å². The largest absolute Gasteiger partial charge is 0.464 e. The van der Waals surface area contributed by atoms with E-state index in [9.17, 15) is 22.8 Å². The lowest BCUT2D eigenvalue weighted by Gasteiger charge is -2.28. The molecule has 3 aliphatic rings. The first-order chi connectivity index (χ1) is 18.1. The van der Waals surface area contributed by atoms with Crippen LogP contribution < -0.4 is 11.1 Å². The van der Waals surface area contributed by atoms with E-state index in [0.717, 1.165) is 25.7 Å². The average Bonchev–Trinajstić information content (AvgIpc) is 3.41. The number of halogens is 1. The van der Waals surface area contributed by atoms with Crippen LogP contribution in [0.5, 0.6) is 0 Å². The van der Waals surface area contributed by atoms with Gasteiger partial charge in [-0.05, 0) is 56.9 Å². The van der Waals surface area contributed by atoms with Gasteiger partial charge in [0.05, 0.1) is 23.6 Å². The second kappa shape index (κ2) is 11.8. The molecule has 0 spiro atoms. The van der Waals surface area contributed by atoms with E-state index in [-0.39, 0.29) is 30.4 Å². The van der Waals surface area contributed by atoms with Crippen LogP contribution in [-0.2, 0) is 33.4 Å². The molecule has 0 aromatic heterocycles. The third-order valence-corrected chi connectivity index (χ3v) is 9.19. The Kier molecular flexibility index (Phi) is 8.96. The van der Waals surface area contributed by atoms with Gasteiger partial charge in [-0.3, -0.25) is 13.8 Å². The van der Waals surface area contributed by atoms with E-state index < -0.39 is 51.6 Å². The number of allylic oxidation sites excluding steroid dienone is 1. The summed E-state index contributed by atoms with van der Waals surface area (Å²) < 4.78 is 37.3. The Labute approximate surface area is 231 Å². The van der Waals surface area contributed by atoms with E-state index in [4.69, 9.17) is 14.7 Å². The average molecular weight is 613 g/mol. The zero-order valence-corrected chi connectivity index (χ0v) is 23.7. The maximum atomic E-state index is 13.6. The van der Waals surface area contributed by atoms with Gasteiger partial charge in [0.25, 0.3) is 10.1 Å². The maximum Gasteiger partial charge on any atom is 0.332 e. The van der Waals surface area contributed by atoms with Crippen molar-refractivity contribution >= 4 is 43.8 Å². The quantitative estimate of drug-likeness (QED) is 0.293. The molecule has 208 valence electrons. The Hall–Kier alpha value is -2.28. The Morgan fingerprint density at radius 2 is 1.95 bits per heavy atom. The molecule has 1 aromatic rings. The molecule has 0 unspecified atom stereocenters. The lowest BCUT2D eigenvalue weighted by molar-refractivity contribution is -0.150. The second-order valence-electron chi connectivity index (χ2n) is 10.0. The van der Waals surface area contributed by atoms with Gasteiger partial charge in [0.15, 0.2) is 0 Å². The van der Waals surface area contributed by atoms with Crippen molar-refractivity contribution in [3.63, 3.8) is 0 Å². The molecule has 0 bridgehead atoms. The molecule has 2 fully saturated rings. The molecular formula is C26H34BrN3O7S. The molecule has 12 heteroatoms. The van der Waals surface area contributed by atoms with Gasteiger partial charge in [-0.1, -0.05) is 40.9 Å². The number of hydrogen-bond donors (Lipinski definition) is 2. The van der Waals surface area contributed by atoms with E-state index in [2.05, 4.69) is 21.2 Å². The fourth-order valence-corrected chi connectivity index (χ4v) is 6.45. The van der Waals surface area contributed by atoms with Crippen molar-refractivity contribution in [2.75, 3.05) is 13.2 Å². The zero-order valence-electron chi connectivity index (χ0n) is 21.3. The van der Waals surface area contributed by atoms with Gasteiger partial charge >= 0.3 is 5.97 Å². The third kappa shape index (κ3) is 6.30. The highest BCUT2D eigenvalue weighted by Gasteiger charge is 2.62. The molecular weight excluding hydrogens is 578 g/mol. The van der Waals surface area contributed by atoms with E-state index in [1.165, 1.54) is 17.0 Å². The normalized spacial score (nSPS) is 30.4. The Bertz CT molecular complexity index is 1190. The van der Waals surface area contributed by atoms with Crippen LogP contribution in [-0.4, -0.2) is 68.0 Å². The molecule has 3 N–H and O–H groups in total. The van der Waals surface area contributed by atoms with Crippen molar-refractivity contribution in [1.29, 1.82) is 0 Å². The van der Waals surface area contributed by atoms with E-state index in [1.54, 1.807) is 19.1 Å². The number of nitrogens with two attached hydrogens (primary N) is 1. The Balaban J connectivity index is 1.59. The van der Waals surface area contributed by atoms with Crippen molar-refractivity contribution in [2.45, 2.75) is 80.5 Å². The van der Waals surface area contributed by atoms with Crippen LogP contribution in [0, 0.1) is 5.92 Å². The van der Waals surface area contributed by atoms with Gasteiger partial charge in [0, 0.05) is 23.4 Å². The molecule has 5 atom stereocenters. The minimum Gasteiger partial charge on any atom is -0.464 e. The molecule has 1 saturated carbocycles. The summed E-state index contributed by atoms with van der Waals surface area (Å²) in [4.78, 5) is 41.0. The molecule has 1 aromatic carbocycles. The Morgan fingerprint density at radius 1 is 1.21 bits per heavy atom. The standard InChI is InChI=1S/C26H34BrN3O7S/c1-2-36-25(33)26-15-17(26)8-6-4-3-5-7-9-21(28)24(32)30-16-19(14-22(30)23(31)29-26)37-38(34,35)20-12-10-18(27)11-13-20/h6,8,10-13,17,19,21-22H,2-5,7,9,14-16,28H2,1H3,(H,29,31)/t17-,19+,21+,22+,26-/m1/s1. The maximum absolute atomic E-state index is 13.6. The Morgan fingerprint density at radius 3 is 2.66 bits per heavy atom. The first-order valence-corrected chi connectivity index (χ1v) is 15.2. The monoisotopic (exact) mass is 611 g/mol. The summed E-state index contributed by atoms with van der Waals surface area (Å²) in [5, 5.41) is 2.84. The number of carbonyl (C=O) groups is 3. The van der Waals surface area contributed by atoms with Crippen LogP contribution in [0.25, 0.3) is 0 Å². The number of hydrogen-bond acceptors (Lipinski definition) is 8. The molecule has 2 aliphatic heterocycles. The topological polar surface area (TPSA) is 145 Å². The molecule has 0 radical (unpaired) electrons. The van der Waals surface area contributed by atoms with Crippen LogP contribution in [0.1, 0.15) is 51.9 Å². The van der Waals surface area contributed by atoms with Gasteiger partial charge in [0.2, 0.25) is 11.8 Å². The van der Waals surface area contributed by atoms with Gasteiger partial charge in [-0.15, -0.1) is 0 Å². The number of rotatable bonds is 5. The van der Waals surface area contributed by atoms with Crippen LogP contribution in [0.15, 0.2) is 45.8 Å². The summed E-state index contributed by atoms with van der Waals surface area (Å²) in [5.41, 5.74) is 5.01. The highest BCUT2D eigenvalue weighted by molar-refractivity contribution is 9.10. The highest BCUT2D eigenvalue weighted by atomic mass is 79.9. The van der Waals surface area contributed by atoms with Crippen molar-refractivity contribution in [3.05, 3.63) is 40.9 Å². The minimum atomic E-state index is -4.15. The summed E-state index contributed by atoms with van der Waals surface area (Å²) >= 11 is 3.27. The zero-order chi connectivity index (χ0) is 27.5. The van der Waals surface area contributed by atoms with Crippen LogP contribution in [0.3, 0.4) is 0 Å². The lowest BCUT2D eigenvalue weighted by atomic mass is 10.1. The summed E-state index contributed by atoms with van der Waals surface area (Å²) in [7, 11) is -4.15. The molecule has 1 saturated heterocycles. The van der Waals surface area contributed by atoms with Gasteiger partial charge < -0.3 is 20.7 Å². The molecule has 10 nitrogen and oxygen atoms in total. The summed E-state index contributed by atoms with van der Waals surface area (Å²) in [6.45, 7) is 1.75. The third-order valence-electron chi connectivity index (χ3n) is 7.29. The van der Waals surface area contributed by atoms with Crippen molar-refractivity contribution in [2.24, 2.45) is 11.7 Å². The molecule has 2 heterocycles. The predicted molar refractivity (Wildman–Crippen MR) is 142 cm³/mol. The van der Waals surface area contributed by atoms with Crippen molar-refractivity contribution in [1.82, 2.24) is 10.2 Å². The molecule has 2 amide bonds. The number of nitrogens with one attached hydrogen (secondary N) is 1. The smallest absolute Gasteiger partial charge is 0.332 e. The number of benzene rings is 1. The molecule has 1 aliphatic carbocycles. The van der Waals surface area contributed by atoms with E-state index >= 15 is 0 Å². The molecule has 38 heavy (non-hydrogen) atoms. The number of esters is 1. The van der Waals surface area contributed by atoms with Crippen LogP contribution >= 0.6 is 15.9 Å². The minimum absolute atomic E-state index is 0.0356. The van der Waals surface area contributed by atoms with Gasteiger partial charge in [0.1, 0.15) is 11.6 Å². The van der Waals surface area contributed by atoms with E-state index in [1.807, 2.05) is 12.2 Å².